The lowest BCUT2D eigenvalue weighted by Crippen LogP contribution is -2.06. The minimum atomic E-state index is 0.0511. The second-order valence-electron chi connectivity index (χ2n) is 3.74. The molecule has 0 saturated heterocycles. The van der Waals surface area contributed by atoms with E-state index in [-0.39, 0.29) is 12.6 Å². The zero-order valence-corrected chi connectivity index (χ0v) is 9.36. The highest BCUT2D eigenvalue weighted by atomic mass is 16.5. The monoisotopic (exact) mass is 209 g/mol. The van der Waals surface area contributed by atoms with Crippen LogP contribution >= 0.6 is 0 Å². The Balaban J connectivity index is 2.66. The van der Waals surface area contributed by atoms with Crippen LogP contribution in [0.15, 0.2) is 18.2 Å². The van der Waals surface area contributed by atoms with E-state index in [4.69, 9.17) is 15.6 Å². The molecule has 0 aliphatic heterocycles. The van der Waals surface area contributed by atoms with Gasteiger partial charge < -0.3 is 15.6 Å². The predicted molar refractivity (Wildman–Crippen MR) is 61.0 cm³/mol. The zero-order chi connectivity index (χ0) is 11.3. The van der Waals surface area contributed by atoms with Crippen molar-refractivity contribution in [2.45, 2.75) is 26.3 Å². The summed E-state index contributed by atoms with van der Waals surface area (Å²) in [5.41, 5.74) is 7.98. The number of hydrogen-bond acceptors (Lipinski definition) is 3. The molecule has 84 valence electrons. The molecule has 0 aliphatic carbocycles. The summed E-state index contributed by atoms with van der Waals surface area (Å²) in [5, 5.41) is 8.63. The van der Waals surface area contributed by atoms with E-state index in [1.54, 1.807) is 0 Å². The minimum Gasteiger partial charge on any atom is -0.493 e. The lowest BCUT2D eigenvalue weighted by atomic mass is 10.1. The number of rotatable bonds is 5. The average Bonchev–Trinajstić information content (AvgIpc) is 2.20. The molecule has 3 heteroatoms. The molecule has 0 aliphatic rings. The van der Waals surface area contributed by atoms with Gasteiger partial charge >= 0.3 is 0 Å². The van der Waals surface area contributed by atoms with E-state index >= 15 is 0 Å². The van der Waals surface area contributed by atoms with Crippen LogP contribution in [-0.4, -0.2) is 18.3 Å². The van der Waals surface area contributed by atoms with Crippen LogP contribution in [0, 0.1) is 6.92 Å². The maximum absolute atomic E-state index is 8.63. The van der Waals surface area contributed by atoms with Gasteiger partial charge in [0.25, 0.3) is 0 Å². The van der Waals surface area contributed by atoms with Crippen LogP contribution in [0.5, 0.6) is 5.75 Å². The smallest absolute Gasteiger partial charge is 0.122 e. The summed E-state index contributed by atoms with van der Waals surface area (Å²) < 4.78 is 5.51. The summed E-state index contributed by atoms with van der Waals surface area (Å²) in [7, 11) is 0. The second-order valence-corrected chi connectivity index (χ2v) is 3.74. The number of benzene rings is 1. The third-order valence-electron chi connectivity index (χ3n) is 2.28. The van der Waals surface area contributed by atoms with Gasteiger partial charge in [-0.2, -0.15) is 0 Å². The summed E-state index contributed by atoms with van der Waals surface area (Å²) in [6.07, 6.45) is 0.661. The molecule has 1 atom stereocenters. The maximum Gasteiger partial charge on any atom is 0.122 e. The van der Waals surface area contributed by atoms with Crippen molar-refractivity contribution < 1.29 is 9.84 Å². The van der Waals surface area contributed by atoms with E-state index in [9.17, 15) is 0 Å². The highest BCUT2D eigenvalue weighted by molar-refractivity contribution is 5.37. The summed E-state index contributed by atoms with van der Waals surface area (Å²) in [6, 6.07) is 6.01. The molecule has 0 aromatic heterocycles. The largest absolute Gasteiger partial charge is 0.493 e. The van der Waals surface area contributed by atoms with Gasteiger partial charge in [-0.15, -0.1) is 0 Å². The van der Waals surface area contributed by atoms with Crippen molar-refractivity contribution in [3.8, 4) is 5.75 Å². The third-order valence-corrected chi connectivity index (χ3v) is 2.28. The Morgan fingerprint density at radius 2 is 2.20 bits per heavy atom. The normalized spacial score (nSPS) is 12.5. The lowest BCUT2D eigenvalue weighted by Gasteiger charge is -2.11. The molecule has 1 aromatic rings. The van der Waals surface area contributed by atoms with Gasteiger partial charge in [0, 0.05) is 19.1 Å². The van der Waals surface area contributed by atoms with E-state index in [2.05, 4.69) is 0 Å². The number of hydrogen-bond donors (Lipinski definition) is 2. The molecule has 0 fully saturated rings. The first kappa shape index (κ1) is 12.0. The van der Waals surface area contributed by atoms with Crippen LogP contribution in [-0.2, 0) is 0 Å². The molecule has 3 nitrogen and oxygen atoms in total. The number of aryl methyl sites for hydroxylation is 1. The first-order chi connectivity index (χ1) is 7.15. The van der Waals surface area contributed by atoms with Crippen molar-refractivity contribution in [1.29, 1.82) is 0 Å². The Morgan fingerprint density at radius 3 is 2.73 bits per heavy atom. The molecule has 1 unspecified atom stereocenters. The van der Waals surface area contributed by atoms with E-state index < -0.39 is 0 Å². The summed E-state index contributed by atoms with van der Waals surface area (Å²) in [6.45, 7) is 4.67. The Labute approximate surface area is 90.9 Å². The van der Waals surface area contributed by atoms with Crippen LogP contribution in [0.4, 0.5) is 0 Å². The van der Waals surface area contributed by atoms with Crippen molar-refractivity contribution in [3.63, 3.8) is 0 Å². The molecule has 0 saturated carbocycles. The predicted octanol–water partition coefficient (Wildman–Crippen LogP) is 1.78. The van der Waals surface area contributed by atoms with Gasteiger partial charge in [-0.25, -0.2) is 0 Å². The summed E-state index contributed by atoms with van der Waals surface area (Å²) in [4.78, 5) is 0. The average molecular weight is 209 g/mol. The van der Waals surface area contributed by atoms with Crippen LogP contribution in [0.25, 0.3) is 0 Å². The molecule has 1 aromatic carbocycles. The summed E-state index contributed by atoms with van der Waals surface area (Å²) in [5.74, 6) is 0.868. The number of aliphatic hydroxyl groups is 1. The van der Waals surface area contributed by atoms with Crippen molar-refractivity contribution in [1.82, 2.24) is 0 Å². The topological polar surface area (TPSA) is 55.5 Å². The number of ether oxygens (including phenoxy) is 1. The van der Waals surface area contributed by atoms with E-state index in [1.807, 2.05) is 32.0 Å². The van der Waals surface area contributed by atoms with Gasteiger partial charge in [0.2, 0.25) is 0 Å². The molecular weight excluding hydrogens is 190 g/mol. The van der Waals surface area contributed by atoms with Crippen molar-refractivity contribution >= 4 is 0 Å². The first-order valence-electron chi connectivity index (χ1n) is 5.25. The standard InChI is InChI=1S/C12H19NO2/c1-9-8-11(10(2)13)4-5-12(9)15-7-3-6-14/h4-5,8,10,14H,3,6-7,13H2,1-2H3. The van der Waals surface area contributed by atoms with Crippen LogP contribution in [0.3, 0.4) is 0 Å². The Hall–Kier alpha value is -1.06. The highest BCUT2D eigenvalue weighted by Crippen LogP contribution is 2.21. The molecule has 0 heterocycles. The molecule has 0 spiro atoms. The van der Waals surface area contributed by atoms with Crippen molar-refractivity contribution in [2.24, 2.45) is 5.73 Å². The second kappa shape index (κ2) is 5.73. The number of aliphatic hydroxyl groups excluding tert-OH is 1. The Morgan fingerprint density at radius 1 is 1.47 bits per heavy atom. The Bertz CT molecular complexity index is 310. The zero-order valence-electron chi connectivity index (χ0n) is 9.36. The fourth-order valence-electron chi connectivity index (χ4n) is 1.36. The quantitative estimate of drug-likeness (QED) is 0.727. The van der Waals surface area contributed by atoms with Crippen molar-refractivity contribution in [2.75, 3.05) is 13.2 Å². The van der Waals surface area contributed by atoms with E-state index in [0.717, 1.165) is 16.9 Å². The van der Waals surface area contributed by atoms with Crippen LogP contribution in [0.1, 0.15) is 30.5 Å². The molecule has 3 N–H and O–H groups in total. The van der Waals surface area contributed by atoms with Gasteiger partial charge in [-0.3, -0.25) is 0 Å². The first-order valence-corrected chi connectivity index (χ1v) is 5.25. The van der Waals surface area contributed by atoms with E-state index in [0.29, 0.717) is 13.0 Å². The van der Waals surface area contributed by atoms with Gasteiger partial charge in [-0.05, 0) is 31.0 Å². The molecule has 15 heavy (non-hydrogen) atoms. The van der Waals surface area contributed by atoms with Crippen molar-refractivity contribution in [3.05, 3.63) is 29.3 Å². The van der Waals surface area contributed by atoms with Gasteiger partial charge in [0.1, 0.15) is 5.75 Å². The van der Waals surface area contributed by atoms with E-state index in [1.165, 1.54) is 0 Å². The molecule has 0 radical (unpaired) electrons. The Kier molecular flexibility index (Phi) is 4.59. The van der Waals surface area contributed by atoms with Gasteiger partial charge in [0.05, 0.1) is 6.61 Å². The number of nitrogens with two attached hydrogens (primary N) is 1. The minimum absolute atomic E-state index is 0.0511. The van der Waals surface area contributed by atoms with Gasteiger partial charge in [0.15, 0.2) is 0 Å². The SMILES string of the molecule is Cc1cc(C(C)N)ccc1OCCCO. The fourth-order valence-corrected chi connectivity index (χ4v) is 1.36. The maximum atomic E-state index is 8.63. The molecule has 1 rings (SSSR count). The highest BCUT2D eigenvalue weighted by Gasteiger charge is 2.03. The molecular formula is C12H19NO2. The lowest BCUT2D eigenvalue weighted by molar-refractivity contribution is 0.233. The summed E-state index contributed by atoms with van der Waals surface area (Å²) >= 11 is 0. The fraction of sp³-hybridized carbons (Fsp3) is 0.500. The van der Waals surface area contributed by atoms with Crippen LogP contribution < -0.4 is 10.5 Å². The van der Waals surface area contributed by atoms with Gasteiger partial charge in [-0.1, -0.05) is 12.1 Å². The third kappa shape index (κ3) is 3.53. The molecule has 0 amide bonds. The van der Waals surface area contributed by atoms with Crippen LogP contribution in [0.2, 0.25) is 0 Å². The molecule has 0 bridgehead atoms.